The first-order chi connectivity index (χ1) is 17.7. The number of ether oxygens (including phenoxy) is 3. The second-order valence-electron chi connectivity index (χ2n) is 9.37. The van der Waals surface area contributed by atoms with Crippen molar-refractivity contribution in [2.24, 2.45) is 16.8 Å². The minimum atomic E-state index is -1.03. The van der Waals surface area contributed by atoms with Gasteiger partial charge in [0.2, 0.25) is 0 Å². The Morgan fingerprint density at radius 1 is 1.05 bits per heavy atom. The first kappa shape index (κ1) is 26.8. The topological polar surface area (TPSA) is 91.3 Å². The maximum Gasteiger partial charge on any atom is 0.336 e. The Hall–Kier alpha value is -3.26. The highest BCUT2D eigenvalue weighted by atomic mass is 32.1. The van der Waals surface area contributed by atoms with Crippen molar-refractivity contribution in [3.05, 3.63) is 62.5 Å². The summed E-state index contributed by atoms with van der Waals surface area (Å²) >= 11 is 1.62. The van der Waals surface area contributed by atoms with Gasteiger partial charge < -0.3 is 14.2 Å². The van der Waals surface area contributed by atoms with Crippen LogP contribution >= 0.6 is 11.3 Å². The predicted octanol–water partition coefficient (Wildman–Crippen LogP) is 5.30. The monoisotopic (exact) mass is 523 g/mol. The molecule has 1 aliphatic heterocycles. The van der Waals surface area contributed by atoms with Crippen molar-refractivity contribution >= 4 is 34.8 Å². The number of rotatable bonds is 7. The van der Waals surface area contributed by atoms with Gasteiger partial charge in [0.15, 0.2) is 5.78 Å². The Morgan fingerprint density at radius 3 is 2.41 bits per heavy atom. The standard InChI is InChI=1S/C29H33NO6S/c1-7-35-28(32)23-16(4)30-22-14-21(18-10-9-11-19(13-18)34-6)25(29(33)36-8-2)27(31)26(22)24(23)20-12-15(3)37-17(20)5/h9-13,21,24-26H,7-8,14H2,1-6H3/t21-,24+,25+,26?/m0/s1. The van der Waals surface area contributed by atoms with Gasteiger partial charge in [-0.3, -0.25) is 14.6 Å². The van der Waals surface area contributed by atoms with E-state index in [1.807, 2.05) is 44.2 Å². The summed E-state index contributed by atoms with van der Waals surface area (Å²) in [6, 6.07) is 9.45. The number of ketones is 1. The molecule has 4 atom stereocenters. The number of carbonyl (C=O) groups excluding carboxylic acids is 3. The van der Waals surface area contributed by atoms with Crippen LogP contribution in [0.2, 0.25) is 0 Å². The van der Waals surface area contributed by atoms with Crippen molar-refractivity contribution in [1.82, 2.24) is 0 Å². The zero-order chi connectivity index (χ0) is 26.9. The summed E-state index contributed by atoms with van der Waals surface area (Å²) < 4.78 is 16.2. The zero-order valence-corrected chi connectivity index (χ0v) is 22.9. The molecular formula is C29H33NO6S. The molecule has 1 fully saturated rings. The predicted molar refractivity (Wildman–Crippen MR) is 142 cm³/mol. The Kier molecular flexibility index (Phi) is 7.97. The summed E-state index contributed by atoms with van der Waals surface area (Å²) in [6.45, 7) is 9.64. The second kappa shape index (κ2) is 11.0. The molecule has 0 N–H and O–H groups in total. The maximum atomic E-state index is 14.4. The minimum Gasteiger partial charge on any atom is -0.497 e. The maximum absolute atomic E-state index is 14.4. The molecule has 0 bridgehead atoms. The van der Waals surface area contributed by atoms with E-state index in [0.29, 0.717) is 29.2 Å². The number of hydrogen-bond acceptors (Lipinski definition) is 8. The van der Waals surface area contributed by atoms with Crippen molar-refractivity contribution in [2.75, 3.05) is 20.3 Å². The third kappa shape index (κ3) is 4.99. The first-order valence-electron chi connectivity index (χ1n) is 12.6. The highest BCUT2D eigenvalue weighted by Crippen LogP contribution is 2.50. The van der Waals surface area contributed by atoms with Gasteiger partial charge in [-0.05, 0) is 70.4 Å². The Labute approximate surface area is 221 Å². The fraction of sp³-hybridized carbons (Fsp3) is 0.448. The van der Waals surface area contributed by atoms with E-state index in [0.717, 1.165) is 20.9 Å². The SMILES string of the molecule is CCOC(=O)C1=C(C)N=C2C[C@@H](c3cccc(OC)c3)[C@@H](C(=O)OCC)C(=O)C2[C@@H]1c1cc(C)sc1C. The molecule has 1 saturated carbocycles. The van der Waals surface area contributed by atoms with Crippen molar-refractivity contribution in [3.63, 3.8) is 0 Å². The van der Waals surface area contributed by atoms with Crippen LogP contribution in [0, 0.1) is 25.7 Å². The van der Waals surface area contributed by atoms with Crippen LogP contribution < -0.4 is 4.74 Å². The fourth-order valence-electron chi connectivity index (χ4n) is 5.64. The van der Waals surface area contributed by atoms with Crippen molar-refractivity contribution in [3.8, 4) is 5.75 Å². The molecule has 0 radical (unpaired) electrons. The van der Waals surface area contributed by atoms with E-state index >= 15 is 0 Å². The molecule has 2 aliphatic rings. The molecule has 2 aromatic rings. The number of hydrogen-bond donors (Lipinski definition) is 0. The van der Waals surface area contributed by atoms with Crippen LogP contribution in [0.3, 0.4) is 0 Å². The van der Waals surface area contributed by atoms with Crippen LogP contribution in [0.15, 0.2) is 46.6 Å². The molecule has 8 heteroatoms. The molecule has 0 saturated heterocycles. The number of allylic oxidation sites excluding steroid dienone is 1. The molecular weight excluding hydrogens is 490 g/mol. The molecule has 7 nitrogen and oxygen atoms in total. The van der Waals surface area contributed by atoms with E-state index in [4.69, 9.17) is 19.2 Å². The lowest BCUT2D eigenvalue weighted by Gasteiger charge is -2.41. The van der Waals surface area contributed by atoms with Gasteiger partial charge in [0.1, 0.15) is 11.7 Å². The average molecular weight is 524 g/mol. The van der Waals surface area contributed by atoms with Crippen LogP contribution in [-0.2, 0) is 23.9 Å². The molecule has 0 amide bonds. The van der Waals surface area contributed by atoms with Crippen LogP contribution in [0.25, 0.3) is 0 Å². The molecule has 1 aromatic heterocycles. The summed E-state index contributed by atoms with van der Waals surface area (Å²) in [7, 11) is 1.58. The number of thiophene rings is 1. The number of aliphatic imine (C=N–C) groups is 1. The lowest BCUT2D eigenvalue weighted by atomic mass is 9.62. The quantitative estimate of drug-likeness (QED) is 0.361. The highest BCUT2D eigenvalue weighted by molar-refractivity contribution is 7.12. The molecule has 1 aromatic carbocycles. The van der Waals surface area contributed by atoms with Crippen LogP contribution in [-0.4, -0.2) is 43.8 Å². The van der Waals surface area contributed by atoms with E-state index < -0.39 is 35.6 Å². The van der Waals surface area contributed by atoms with E-state index in [-0.39, 0.29) is 19.0 Å². The number of Topliss-reactive ketones (excluding diaryl/α,β-unsaturated/α-hetero) is 1. The Morgan fingerprint density at radius 2 is 1.78 bits per heavy atom. The van der Waals surface area contributed by atoms with Crippen molar-refractivity contribution < 1.29 is 28.6 Å². The van der Waals surface area contributed by atoms with E-state index in [1.54, 1.807) is 39.2 Å². The molecule has 1 unspecified atom stereocenters. The molecule has 0 spiro atoms. The van der Waals surface area contributed by atoms with Gasteiger partial charge in [-0.1, -0.05) is 12.1 Å². The molecule has 196 valence electrons. The number of nitrogens with zero attached hydrogens (tertiary/aromatic N) is 1. The number of benzene rings is 1. The normalized spacial score (nSPS) is 23.3. The smallest absolute Gasteiger partial charge is 0.336 e. The third-order valence-electron chi connectivity index (χ3n) is 7.12. The molecule has 4 rings (SSSR count). The zero-order valence-electron chi connectivity index (χ0n) is 22.1. The van der Waals surface area contributed by atoms with Gasteiger partial charge in [0, 0.05) is 33.0 Å². The molecule has 37 heavy (non-hydrogen) atoms. The van der Waals surface area contributed by atoms with Gasteiger partial charge >= 0.3 is 11.9 Å². The van der Waals surface area contributed by atoms with Crippen LogP contribution in [0.5, 0.6) is 5.75 Å². The van der Waals surface area contributed by atoms with Gasteiger partial charge in [-0.2, -0.15) is 0 Å². The summed E-state index contributed by atoms with van der Waals surface area (Å²) in [6.07, 6.45) is 0.388. The summed E-state index contributed by atoms with van der Waals surface area (Å²) in [5, 5.41) is 0. The Bertz CT molecular complexity index is 1290. The Balaban J connectivity index is 1.90. The van der Waals surface area contributed by atoms with Gasteiger partial charge in [0.05, 0.1) is 31.8 Å². The molecule has 2 heterocycles. The van der Waals surface area contributed by atoms with Crippen LogP contribution in [0.1, 0.15) is 59.9 Å². The number of methoxy groups -OCH3 is 1. The van der Waals surface area contributed by atoms with Gasteiger partial charge in [0.25, 0.3) is 0 Å². The van der Waals surface area contributed by atoms with E-state index in [2.05, 4.69) is 0 Å². The van der Waals surface area contributed by atoms with E-state index in [1.165, 1.54) is 0 Å². The largest absolute Gasteiger partial charge is 0.497 e. The van der Waals surface area contributed by atoms with Gasteiger partial charge in [-0.25, -0.2) is 4.79 Å². The lowest BCUT2D eigenvalue weighted by Crippen LogP contribution is -2.48. The van der Waals surface area contributed by atoms with Crippen LogP contribution in [0.4, 0.5) is 0 Å². The summed E-state index contributed by atoms with van der Waals surface area (Å²) in [5.74, 6) is -3.49. The van der Waals surface area contributed by atoms with Crippen molar-refractivity contribution in [1.29, 1.82) is 0 Å². The number of aryl methyl sites for hydroxylation is 2. The fourth-order valence-corrected chi connectivity index (χ4v) is 6.61. The number of fused-ring (bicyclic) bond motifs is 1. The summed E-state index contributed by atoms with van der Waals surface area (Å²) in [4.78, 5) is 47.8. The van der Waals surface area contributed by atoms with Crippen molar-refractivity contribution in [2.45, 2.75) is 52.9 Å². The molecule has 1 aliphatic carbocycles. The lowest BCUT2D eigenvalue weighted by molar-refractivity contribution is -0.153. The average Bonchev–Trinajstić information content (AvgIpc) is 3.20. The number of carbonyl (C=O) groups is 3. The van der Waals surface area contributed by atoms with Gasteiger partial charge in [-0.15, -0.1) is 11.3 Å². The first-order valence-corrected chi connectivity index (χ1v) is 13.4. The number of esters is 2. The highest BCUT2D eigenvalue weighted by Gasteiger charge is 2.53. The third-order valence-corrected chi connectivity index (χ3v) is 8.10. The van der Waals surface area contributed by atoms with E-state index in [9.17, 15) is 14.4 Å². The summed E-state index contributed by atoms with van der Waals surface area (Å²) in [5.41, 5.74) is 3.32. The second-order valence-corrected chi connectivity index (χ2v) is 10.8. The minimum absolute atomic E-state index is 0.165.